The van der Waals surface area contributed by atoms with Crippen molar-refractivity contribution in [1.29, 1.82) is 5.26 Å². The van der Waals surface area contributed by atoms with E-state index in [1.165, 1.54) is 11.3 Å². The van der Waals surface area contributed by atoms with Gasteiger partial charge in [-0.2, -0.15) is 5.26 Å². The van der Waals surface area contributed by atoms with Crippen molar-refractivity contribution in [3.63, 3.8) is 0 Å². The van der Waals surface area contributed by atoms with Gasteiger partial charge in [-0.25, -0.2) is 4.98 Å². The van der Waals surface area contributed by atoms with E-state index in [-0.39, 0.29) is 12.0 Å². The lowest BCUT2D eigenvalue weighted by molar-refractivity contribution is 0.102. The summed E-state index contributed by atoms with van der Waals surface area (Å²) < 4.78 is 11.7. The number of hydrogen-bond donors (Lipinski definition) is 1. The molecule has 2 aromatic heterocycles. The van der Waals surface area contributed by atoms with Crippen LogP contribution in [0.4, 0.5) is 5.13 Å². The highest BCUT2D eigenvalue weighted by Gasteiger charge is 2.26. The molecule has 0 fully saturated rings. The molecule has 7 nitrogen and oxygen atoms in total. The molecule has 5 rings (SSSR count). The third kappa shape index (κ3) is 4.76. The smallest absolute Gasteiger partial charge is 0.259 e. The lowest BCUT2D eigenvalue weighted by Gasteiger charge is -2.22. The number of thiazole rings is 1. The molecule has 1 N–H and O–H groups in total. The molecular weight excluding hydrogens is 496 g/mol. The predicted molar refractivity (Wildman–Crippen MR) is 139 cm³/mol. The van der Waals surface area contributed by atoms with Gasteiger partial charge in [0.25, 0.3) is 5.91 Å². The molecule has 0 saturated carbocycles. The summed E-state index contributed by atoms with van der Waals surface area (Å²) >= 11 is 7.54. The minimum Gasteiger partial charge on any atom is -0.496 e. The number of aryl methyl sites for hydroxylation is 2. The van der Waals surface area contributed by atoms with E-state index in [1.54, 1.807) is 43.6 Å². The third-order valence-corrected chi connectivity index (χ3v) is 7.06. The number of pyridine rings is 1. The predicted octanol–water partition coefficient (Wildman–Crippen LogP) is 6.37. The van der Waals surface area contributed by atoms with E-state index >= 15 is 0 Å². The number of carbonyl (C=O) groups excluding carboxylic acids is 1. The molecule has 1 amide bonds. The number of halogens is 1. The number of ether oxygens (including phenoxy) is 2. The highest BCUT2D eigenvalue weighted by atomic mass is 35.5. The Morgan fingerprint density at radius 2 is 2.03 bits per heavy atom. The molecule has 9 heteroatoms. The van der Waals surface area contributed by atoms with E-state index in [0.29, 0.717) is 43.2 Å². The minimum atomic E-state index is -0.339. The fourth-order valence-electron chi connectivity index (χ4n) is 4.12. The highest BCUT2D eigenvalue weighted by molar-refractivity contribution is 7.17. The third-order valence-electron chi connectivity index (χ3n) is 5.92. The number of methoxy groups -OCH3 is 1. The van der Waals surface area contributed by atoms with E-state index < -0.39 is 0 Å². The largest absolute Gasteiger partial charge is 0.496 e. The Labute approximate surface area is 217 Å². The van der Waals surface area contributed by atoms with E-state index in [0.717, 1.165) is 29.8 Å². The second-order valence-corrected chi connectivity index (χ2v) is 9.70. The lowest BCUT2D eigenvalue weighted by Crippen LogP contribution is -2.15. The van der Waals surface area contributed by atoms with Crippen LogP contribution in [-0.2, 0) is 6.42 Å². The zero-order valence-electron chi connectivity index (χ0n) is 19.5. The van der Waals surface area contributed by atoms with Crippen LogP contribution >= 0.6 is 22.9 Å². The van der Waals surface area contributed by atoms with Crippen molar-refractivity contribution in [3.05, 3.63) is 87.8 Å². The number of fused-ring (bicyclic) bond motifs is 1. The van der Waals surface area contributed by atoms with Gasteiger partial charge in [0.1, 0.15) is 11.9 Å². The molecule has 1 aliphatic heterocycles. The average Bonchev–Trinajstić information content (AvgIpc) is 3.30. The molecule has 0 aliphatic carbocycles. The van der Waals surface area contributed by atoms with Crippen molar-refractivity contribution >= 4 is 34.0 Å². The number of amides is 1. The molecule has 36 heavy (non-hydrogen) atoms. The number of nitrogens with zero attached hydrogens (tertiary/aromatic N) is 3. The Bertz CT molecular complexity index is 1490. The van der Waals surface area contributed by atoms with Gasteiger partial charge in [-0.05, 0) is 61.7 Å². The molecule has 1 unspecified atom stereocenters. The standard InChI is InChI=1S/C27H21ClN4O3S/c1-15-11-19(20-12-18(28)7-9-24(20)34-2)21(14-30-15)25(33)32-27-31-22-8-10-23(35-26(22)36-27)17-5-3-16(13-29)4-6-17/h3-7,9,11-12,14,23H,8,10H2,1-2H3,(H,31,32,33). The van der Waals surface area contributed by atoms with Gasteiger partial charge in [-0.3, -0.25) is 15.1 Å². The second-order valence-electron chi connectivity index (χ2n) is 8.30. The van der Waals surface area contributed by atoms with Gasteiger partial charge in [-0.15, -0.1) is 0 Å². The molecule has 180 valence electrons. The SMILES string of the molecule is COc1ccc(Cl)cc1-c1cc(C)ncc1C(=O)Nc1nc2c(s1)OC(c1ccc(C#N)cc1)CC2. The molecule has 0 spiro atoms. The van der Waals surface area contributed by atoms with Gasteiger partial charge in [0.15, 0.2) is 10.2 Å². The fourth-order valence-corrected chi connectivity index (χ4v) is 5.20. The van der Waals surface area contributed by atoms with Crippen LogP contribution in [0.15, 0.2) is 54.7 Å². The van der Waals surface area contributed by atoms with Crippen molar-refractivity contribution in [2.45, 2.75) is 25.9 Å². The quantitative estimate of drug-likeness (QED) is 0.331. The molecule has 0 radical (unpaired) electrons. The highest BCUT2D eigenvalue weighted by Crippen LogP contribution is 2.41. The molecule has 1 atom stereocenters. The number of anilines is 1. The monoisotopic (exact) mass is 516 g/mol. The maximum atomic E-state index is 13.3. The Balaban J connectivity index is 1.39. The molecule has 3 heterocycles. The first-order chi connectivity index (χ1) is 17.4. The second kappa shape index (κ2) is 9.97. The topological polar surface area (TPSA) is 97.1 Å². The first-order valence-electron chi connectivity index (χ1n) is 11.2. The molecule has 0 saturated heterocycles. The van der Waals surface area contributed by atoms with Gasteiger partial charge in [0.2, 0.25) is 0 Å². The molecular formula is C27H21ClN4O3S. The summed E-state index contributed by atoms with van der Waals surface area (Å²) in [5, 5.41) is 13.6. The summed E-state index contributed by atoms with van der Waals surface area (Å²) in [6, 6.07) is 16.6. The Morgan fingerprint density at radius 1 is 1.22 bits per heavy atom. The zero-order chi connectivity index (χ0) is 25.2. The lowest BCUT2D eigenvalue weighted by atomic mass is 9.99. The minimum absolute atomic E-state index is 0.127. The van der Waals surface area contributed by atoms with Crippen LogP contribution in [0.25, 0.3) is 11.1 Å². The van der Waals surface area contributed by atoms with Crippen LogP contribution in [0, 0.1) is 18.3 Å². The summed E-state index contributed by atoms with van der Waals surface area (Å²) in [5.41, 5.74) is 4.94. The number of nitriles is 1. The Morgan fingerprint density at radius 3 is 2.78 bits per heavy atom. The number of aromatic nitrogens is 2. The van der Waals surface area contributed by atoms with Gasteiger partial charge >= 0.3 is 0 Å². The molecule has 0 bridgehead atoms. The number of nitrogens with one attached hydrogen (secondary N) is 1. The van der Waals surface area contributed by atoms with Crippen LogP contribution in [0.2, 0.25) is 5.02 Å². The van der Waals surface area contributed by atoms with Crippen molar-refractivity contribution < 1.29 is 14.3 Å². The summed E-state index contributed by atoms with van der Waals surface area (Å²) in [6.07, 6.45) is 2.91. The van der Waals surface area contributed by atoms with Crippen LogP contribution in [-0.4, -0.2) is 23.0 Å². The number of benzene rings is 2. The van der Waals surface area contributed by atoms with E-state index in [4.69, 9.17) is 26.3 Å². The number of rotatable bonds is 5. The van der Waals surface area contributed by atoms with Crippen LogP contribution < -0.4 is 14.8 Å². The molecule has 4 aromatic rings. The van der Waals surface area contributed by atoms with Crippen LogP contribution in [0.1, 0.15) is 45.4 Å². The van der Waals surface area contributed by atoms with E-state index in [2.05, 4.69) is 21.4 Å². The van der Waals surface area contributed by atoms with Crippen molar-refractivity contribution in [2.75, 3.05) is 12.4 Å². The van der Waals surface area contributed by atoms with Gasteiger partial charge in [0.05, 0.1) is 30.0 Å². The maximum Gasteiger partial charge on any atom is 0.259 e. The molecule has 2 aromatic carbocycles. The zero-order valence-corrected chi connectivity index (χ0v) is 21.1. The summed E-state index contributed by atoms with van der Waals surface area (Å²) in [4.78, 5) is 22.3. The van der Waals surface area contributed by atoms with Gasteiger partial charge in [-0.1, -0.05) is 35.1 Å². The van der Waals surface area contributed by atoms with Gasteiger partial charge < -0.3 is 9.47 Å². The van der Waals surface area contributed by atoms with Gasteiger partial charge in [0, 0.05) is 28.0 Å². The van der Waals surface area contributed by atoms with E-state index in [1.807, 2.05) is 25.1 Å². The van der Waals surface area contributed by atoms with Crippen molar-refractivity contribution in [1.82, 2.24) is 9.97 Å². The number of hydrogen-bond acceptors (Lipinski definition) is 7. The van der Waals surface area contributed by atoms with Crippen molar-refractivity contribution in [2.24, 2.45) is 0 Å². The first-order valence-corrected chi connectivity index (χ1v) is 12.4. The summed E-state index contributed by atoms with van der Waals surface area (Å²) in [5.74, 6) is 0.264. The average molecular weight is 517 g/mol. The van der Waals surface area contributed by atoms with Crippen LogP contribution in [0.3, 0.4) is 0 Å². The Kier molecular flexibility index (Phi) is 6.59. The summed E-state index contributed by atoms with van der Waals surface area (Å²) in [6.45, 7) is 1.86. The fraction of sp³-hybridized carbons (Fsp3) is 0.185. The van der Waals surface area contributed by atoms with E-state index in [9.17, 15) is 4.79 Å². The molecule has 1 aliphatic rings. The Hall–Kier alpha value is -3.93. The first kappa shape index (κ1) is 23.8. The summed E-state index contributed by atoms with van der Waals surface area (Å²) in [7, 11) is 1.58. The maximum absolute atomic E-state index is 13.3. The normalized spacial score (nSPS) is 14.3. The van der Waals surface area contributed by atoms with Crippen molar-refractivity contribution in [3.8, 4) is 28.0 Å². The number of carbonyl (C=O) groups is 1. The van der Waals surface area contributed by atoms with Crippen LogP contribution in [0.5, 0.6) is 10.8 Å².